The maximum Gasteiger partial charge on any atom is 0.142 e. The molecule has 96 valence electrons. The molecule has 1 aromatic heterocycles. The molecule has 0 aromatic carbocycles. The van der Waals surface area contributed by atoms with Crippen LogP contribution in [-0.2, 0) is 0 Å². The molecule has 0 aliphatic heterocycles. The van der Waals surface area contributed by atoms with E-state index in [1.165, 1.54) is 0 Å². The highest BCUT2D eigenvalue weighted by Crippen LogP contribution is 2.30. The van der Waals surface area contributed by atoms with Gasteiger partial charge in [0.1, 0.15) is 5.75 Å². The van der Waals surface area contributed by atoms with Gasteiger partial charge in [0.05, 0.1) is 18.8 Å². The van der Waals surface area contributed by atoms with E-state index in [2.05, 4.69) is 31.1 Å². The van der Waals surface area contributed by atoms with E-state index < -0.39 is 0 Å². The monoisotopic (exact) mass is 254 g/mol. The summed E-state index contributed by atoms with van der Waals surface area (Å²) in [7, 11) is 3.64. The molecule has 0 aliphatic carbocycles. The van der Waals surface area contributed by atoms with Gasteiger partial charge in [0, 0.05) is 16.7 Å². The van der Waals surface area contributed by atoms with Gasteiger partial charge >= 0.3 is 0 Å². The van der Waals surface area contributed by atoms with Crippen molar-refractivity contribution < 1.29 is 4.74 Å². The summed E-state index contributed by atoms with van der Waals surface area (Å²) in [5, 5.41) is 3.30. The number of hydrogen-bond acceptors (Lipinski definition) is 4. The molecule has 0 aliphatic rings. The van der Waals surface area contributed by atoms with E-state index in [9.17, 15) is 0 Å². The number of nitrogens with one attached hydrogen (secondary N) is 1. The van der Waals surface area contributed by atoms with Crippen molar-refractivity contribution in [3.8, 4) is 5.75 Å². The van der Waals surface area contributed by atoms with Crippen LogP contribution in [0.4, 0.5) is 0 Å². The molecular formula is C13H22N2OS. The van der Waals surface area contributed by atoms with Gasteiger partial charge in [-0.1, -0.05) is 20.8 Å². The van der Waals surface area contributed by atoms with Crippen LogP contribution in [0.2, 0.25) is 0 Å². The average molecular weight is 254 g/mol. The molecule has 1 heterocycles. The third kappa shape index (κ3) is 4.56. The maximum absolute atomic E-state index is 5.35. The van der Waals surface area contributed by atoms with Crippen LogP contribution in [0.25, 0.3) is 0 Å². The predicted octanol–water partition coefficient (Wildman–Crippen LogP) is 2.88. The zero-order valence-electron chi connectivity index (χ0n) is 11.3. The Morgan fingerprint density at radius 1 is 1.47 bits per heavy atom. The molecule has 1 unspecified atom stereocenters. The van der Waals surface area contributed by atoms with E-state index in [0.29, 0.717) is 0 Å². The van der Waals surface area contributed by atoms with E-state index in [1.807, 2.05) is 37.1 Å². The van der Waals surface area contributed by atoms with E-state index in [0.717, 1.165) is 17.2 Å². The Bertz CT molecular complexity index is 350. The van der Waals surface area contributed by atoms with Gasteiger partial charge < -0.3 is 10.1 Å². The van der Waals surface area contributed by atoms with Crippen molar-refractivity contribution in [1.82, 2.24) is 10.3 Å². The molecule has 17 heavy (non-hydrogen) atoms. The van der Waals surface area contributed by atoms with Crippen LogP contribution in [0.3, 0.4) is 0 Å². The highest BCUT2D eigenvalue weighted by atomic mass is 32.2. The lowest BCUT2D eigenvalue weighted by Crippen LogP contribution is -2.23. The van der Waals surface area contributed by atoms with Crippen LogP contribution in [0.15, 0.2) is 18.3 Å². The van der Waals surface area contributed by atoms with Crippen molar-refractivity contribution in [2.24, 2.45) is 0 Å². The number of thioether (sulfide) groups is 1. The predicted molar refractivity (Wildman–Crippen MR) is 74.8 cm³/mol. The fraction of sp³-hybridized carbons (Fsp3) is 0.615. The Morgan fingerprint density at radius 2 is 2.18 bits per heavy atom. The molecule has 0 radical (unpaired) electrons. The fourth-order valence-electron chi connectivity index (χ4n) is 1.47. The summed E-state index contributed by atoms with van der Waals surface area (Å²) in [4.78, 5) is 4.42. The summed E-state index contributed by atoms with van der Waals surface area (Å²) >= 11 is 1.92. The number of aromatic nitrogens is 1. The number of hydrogen-bond donors (Lipinski definition) is 1. The minimum Gasteiger partial charge on any atom is -0.495 e. The number of ether oxygens (including phenoxy) is 1. The molecule has 0 fully saturated rings. The summed E-state index contributed by atoms with van der Waals surface area (Å²) in [6.45, 7) is 6.67. The van der Waals surface area contributed by atoms with E-state index >= 15 is 0 Å². The zero-order valence-corrected chi connectivity index (χ0v) is 12.1. The van der Waals surface area contributed by atoms with Crippen LogP contribution >= 0.6 is 11.8 Å². The first-order valence-electron chi connectivity index (χ1n) is 5.78. The van der Waals surface area contributed by atoms with Crippen molar-refractivity contribution in [2.75, 3.05) is 19.9 Å². The molecule has 1 atom stereocenters. The topological polar surface area (TPSA) is 34.2 Å². The highest BCUT2D eigenvalue weighted by molar-refractivity contribution is 8.00. The first-order chi connectivity index (χ1) is 7.98. The lowest BCUT2D eigenvalue weighted by Gasteiger charge is -2.23. The smallest absolute Gasteiger partial charge is 0.142 e. The van der Waals surface area contributed by atoms with Gasteiger partial charge in [0.2, 0.25) is 0 Å². The first-order valence-corrected chi connectivity index (χ1v) is 6.76. The summed E-state index contributed by atoms with van der Waals surface area (Å²) in [5.74, 6) is 1.83. The Hall–Kier alpha value is -0.740. The number of pyridine rings is 1. The summed E-state index contributed by atoms with van der Waals surface area (Å²) in [6, 6.07) is 4.07. The van der Waals surface area contributed by atoms with E-state index in [-0.39, 0.29) is 10.8 Å². The van der Waals surface area contributed by atoms with Crippen molar-refractivity contribution in [1.29, 1.82) is 0 Å². The molecule has 0 saturated heterocycles. The quantitative estimate of drug-likeness (QED) is 0.876. The minimum absolute atomic E-state index is 0.218. The van der Waals surface area contributed by atoms with Crippen molar-refractivity contribution in [3.05, 3.63) is 24.0 Å². The Balaban J connectivity index is 2.79. The molecule has 1 aromatic rings. The van der Waals surface area contributed by atoms with Gasteiger partial charge in [0.15, 0.2) is 0 Å². The van der Waals surface area contributed by atoms with Gasteiger partial charge in [0.25, 0.3) is 0 Å². The van der Waals surface area contributed by atoms with Crippen LogP contribution in [0, 0.1) is 0 Å². The lowest BCUT2D eigenvalue weighted by atomic mass is 10.2. The molecule has 4 heteroatoms. The standard InChI is InChI=1S/C13H22N2OS/c1-13(2,3)17-9-10(14-4)12-11(16-5)7-6-8-15-12/h6-8,10,14H,9H2,1-5H3. The molecule has 1 rings (SSSR count). The number of nitrogens with zero attached hydrogens (tertiary/aromatic N) is 1. The normalized spacial score (nSPS) is 13.5. The fourth-order valence-corrected chi connectivity index (χ4v) is 2.46. The highest BCUT2D eigenvalue weighted by Gasteiger charge is 2.19. The molecule has 0 bridgehead atoms. The van der Waals surface area contributed by atoms with Crippen LogP contribution in [0.5, 0.6) is 5.75 Å². The van der Waals surface area contributed by atoms with Crippen LogP contribution in [0.1, 0.15) is 32.5 Å². The van der Waals surface area contributed by atoms with E-state index in [1.54, 1.807) is 7.11 Å². The Labute approximate surface area is 108 Å². The zero-order chi connectivity index (χ0) is 12.9. The molecule has 0 saturated carbocycles. The SMILES string of the molecule is CNC(CSC(C)(C)C)c1ncccc1OC. The average Bonchev–Trinajstić information content (AvgIpc) is 2.29. The molecule has 0 spiro atoms. The number of rotatable bonds is 5. The lowest BCUT2D eigenvalue weighted by molar-refractivity contribution is 0.400. The van der Waals surface area contributed by atoms with Gasteiger partial charge in [-0.25, -0.2) is 0 Å². The molecule has 0 amide bonds. The minimum atomic E-state index is 0.218. The number of methoxy groups -OCH3 is 1. The maximum atomic E-state index is 5.35. The van der Waals surface area contributed by atoms with E-state index in [4.69, 9.17) is 4.74 Å². The van der Waals surface area contributed by atoms with Gasteiger partial charge in [-0.15, -0.1) is 0 Å². The van der Waals surface area contributed by atoms with Crippen LogP contribution < -0.4 is 10.1 Å². The molecular weight excluding hydrogens is 232 g/mol. The second-order valence-electron chi connectivity index (χ2n) is 4.86. The third-order valence-electron chi connectivity index (χ3n) is 2.38. The molecule has 1 N–H and O–H groups in total. The van der Waals surface area contributed by atoms with Gasteiger partial charge in [-0.3, -0.25) is 4.98 Å². The largest absolute Gasteiger partial charge is 0.495 e. The van der Waals surface area contributed by atoms with Crippen molar-refractivity contribution >= 4 is 11.8 Å². The molecule has 3 nitrogen and oxygen atoms in total. The Kier molecular flexibility index (Phi) is 5.28. The summed E-state index contributed by atoms with van der Waals surface area (Å²) in [5.41, 5.74) is 0.981. The van der Waals surface area contributed by atoms with Crippen molar-refractivity contribution in [2.45, 2.75) is 31.6 Å². The van der Waals surface area contributed by atoms with Gasteiger partial charge in [-0.05, 0) is 19.2 Å². The van der Waals surface area contributed by atoms with Gasteiger partial charge in [-0.2, -0.15) is 11.8 Å². The van der Waals surface area contributed by atoms with Crippen LogP contribution in [-0.4, -0.2) is 29.6 Å². The summed E-state index contributed by atoms with van der Waals surface area (Å²) in [6.07, 6.45) is 1.81. The van der Waals surface area contributed by atoms with Crippen molar-refractivity contribution in [3.63, 3.8) is 0 Å². The summed E-state index contributed by atoms with van der Waals surface area (Å²) < 4.78 is 5.61. The first kappa shape index (κ1) is 14.3. The Morgan fingerprint density at radius 3 is 2.71 bits per heavy atom. The second kappa shape index (κ2) is 6.26. The third-order valence-corrected chi connectivity index (χ3v) is 3.75. The second-order valence-corrected chi connectivity index (χ2v) is 6.70.